The van der Waals surface area contributed by atoms with Crippen LogP contribution < -0.4 is 0 Å². The maximum absolute atomic E-state index is 3.63. The number of rotatable bonds is 2. The third-order valence-corrected chi connectivity index (χ3v) is 3.60. The van der Waals surface area contributed by atoms with E-state index < -0.39 is 0 Å². The summed E-state index contributed by atoms with van der Waals surface area (Å²) in [6, 6.07) is 21.1. The lowest BCUT2D eigenvalue weighted by Gasteiger charge is -2.07. The SMILES string of the molecule is Brc1cc2ccccc2n1Cc1ccccc1. The minimum absolute atomic E-state index is 0.898. The summed E-state index contributed by atoms with van der Waals surface area (Å²) in [5.74, 6) is 0. The average molecular weight is 286 g/mol. The van der Waals surface area contributed by atoms with Crippen LogP contribution in [-0.2, 0) is 6.54 Å². The molecular weight excluding hydrogens is 274 g/mol. The predicted molar refractivity (Wildman–Crippen MR) is 75.2 cm³/mol. The summed E-state index contributed by atoms with van der Waals surface area (Å²) >= 11 is 3.63. The third kappa shape index (κ3) is 2.01. The fourth-order valence-corrected chi connectivity index (χ4v) is 2.67. The summed E-state index contributed by atoms with van der Waals surface area (Å²) in [5, 5.41) is 1.27. The van der Waals surface area contributed by atoms with Crippen molar-refractivity contribution in [1.29, 1.82) is 0 Å². The largest absolute Gasteiger partial charge is 0.331 e. The summed E-state index contributed by atoms with van der Waals surface area (Å²) in [6.45, 7) is 0.898. The molecule has 1 nitrogen and oxygen atoms in total. The van der Waals surface area contributed by atoms with E-state index in [1.807, 2.05) is 6.07 Å². The fourth-order valence-electron chi connectivity index (χ4n) is 2.10. The van der Waals surface area contributed by atoms with Gasteiger partial charge in [-0.3, -0.25) is 0 Å². The smallest absolute Gasteiger partial charge is 0.0860 e. The molecule has 0 aliphatic heterocycles. The van der Waals surface area contributed by atoms with Crippen LogP contribution in [0, 0.1) is 0 Å². The first-order valence-electron chi connectivity index (χ1n) is 5.62. The number of hydrogen-bond acceptors (Lipinski definition) is 0. The fraction of sp³-hybridized carbons (Fsp3) is 0.0667. The molecule has 0 unspecified atom stereocenters. The second kappa shape index (κ2) is 4.38. The highest BCUT2D eigenvalue weighted by atomic mass is 79.9. The van der Waals surface area contributed by atoms with Gasteiger partial charge in [-0.2, -0.15) is 0 Å². The molecule has 0 atom stereocenters. The zero-order chi connectivity index (χ0) is 11.7. The van der Waals surface area contributed by atoms with Gasteiger partial charge in [-0.25, -0.2) is 0 Å². The number of nitrogens with zero attached hydrogens (tertiary/aromatic N) is 1. The van der Waals surface area contributed by atoms with Gasteiger partial charge >= 0.3 is 0 Å². The molecule has 0 aliphatic rings. The summed E-state index contributed by atoms with van der Waals surface area (Å²) in [6.07, 6.45) is 0. The lowest BCUT2D eigenvalue weighted by Crippen LogP contribution is -1.99. The van der Waals surface area contributed by atoms with Crippen molar-refractivity contribution in [2.75, 3.05) is 0 Å². The molecule has 0 saturated heterocycles. The molecule has 0 N–H and O–H groups in total. The quantitative estimate of drug-likeness (QED) is 0.656. The van der Waals surface area contributed by atoms with Crippen LogP contribution in [0.1, 0.15) is 5.56 Å². The lowest BCUT2D eigenvalue weighted by atomic mass is 10.2. The van der Waals surface area contributed by atoms with E-state index in [-0.39, 0.29) is 0 Å². The topological polar surface area (TPSA) is 4.93 Å². The molecule has 0 radical (unpaired) electrons. The van der Waals surface area contributed by atoms with Crippen LogP contribution in [0.5, 0.6) is 0 Å². The summed E-state index contributed by atoms with van der Waals surface area (Å²) in [5.41, 5.74) is 2.58. The Morgan fingerprint density at radius 2 is 1.59 bits per heavy atom. The molecule has 17 heavy (non-hydrogen) atoms. The van der Waals surface area contributed by atoms with E-state index in [4.69, 9.17) is 0 Å². The van der Waals surface area contributed by atoms with Gasteiger partial charge in [-0.15, -0.1) is 0 Å². The van der Waals surface area contributed by atoms with Gasteiger partial charge in [0.2, 0.25) is 0 Å². The molecule has 3 aromatic rings. The second-order valence-corrected chi connectivity index (χ2v) is 4.91. The average Bonchev–Trinajstić information content (AvgIpc) is 2.68. The van der Waals surface area contributed by atoms with Gasteiger partial charge in [-0.05, 0) is 33.6 Å². The summed E-state index contributed by atoms with van der Waals surface area (Å²) in [7, 11) is 0. The van der Waals surface area contributed by atoms with Crippen molar-refractivity contribution in [2.45, 2.75) is 6.54 Å². The zero-order valence-corrected chi connectivity index (χ0v) is 10.9. The van der Waals surface area contributed by atoms with Crippen molar-refractivity contribution in [3.63, 3.8) is 0 Å². The molecule has 3 rings (SSSR count). The molecule has 0 amide bonds. The van der Waals surface area contributed by atoms with Crippen LogP contribution in [0.3, 0.4) is 0 Å². The Kier molecular flexibility index (Phi) is 2.73. The highest BCUT2D eigenvalue weighted by Crippen LogP contribution is 2.24. The summed E-state index contributed by atoms with van der Waals surface area (Å²) in [4.78, 5) is 0. The van der Waals surface area contributed by atoms with Crippen LogP contribution in [0.2, 0.25) is 0 Å². The van der Waals surface area contributed by atoms with Gasteiger partial charge in [0.05, 0.1) is 4.60 Å². The van der Waals surface area contributed by atoms with Gasteiger partial charge in [0.1, 0.15) is 0 Å². The molecule has 1 heterocycles. The van der Waals surface area contributed by atoms with Gasteiger partial charge in [0, 0.05) is 17.4 Å². The maximum Gasteiger partial charge on any atom is 0.0860 e. The van der Waals surface area contributed by atoms with E-state index in [0.29, 0.717) is 0 Å². The van der Waals surface area contributed by atoms with Crippen LogP contribution in [0.25, 0.3) is 10.9 Å². The Morgan fingerprint density at radius 1 is 0.882 bits per heavy atom. The van der Waals surface area contributed by atoms with E-state index in [0.717, 1.165) is 11.1 Å². The monoisotopic (exact) mass is 285 g/mol. The Morgan fingerprint density at radius 3 is 2.41 bits per heavy atom. The molecular formula is C15H12BrN. The van der Waals surface area contributed by atoms with Crippen LogP contribution in [0.15, 0.2) is 65.3 Å². The molecule has 0 aliphatic carbocycles. The van der Waals surface area contributed by atoms with E-state index in [2.05, 4.69) is 75.1 Å². The minimum atomic E-state index is 0.898. The predicted octanol–water partition coefficient (Wildman–Crippen LogP) is 4.45. The molecule has 2 aromatic carbocycles. The number of hydrogen-bond donors (Lipinski definition) is 0. The molecule has 0 saturated carbocycles. The van der Waals surface area contributed by atoms with Crippen molar-refractivity contribution >= 4 is 26.8 Å². The minimum Gasteiger partial charge on any atom is -0.331 e. The van der Waals surface area contributed by atoms with Crippen LogP contribution in [0.4, 0.5) is 0 Å². The van der Waals surface area contributed by atoms with E-state index >= 15 is 0 Å². The first-order valence-corrected chi connectivity index (χ1v) is 6.41. The van der Waals surface area contributed by atoms with Crippen molar-refractivity contribution in [3.05, 3.63) is 70.8 Å². The van der Waals surface area contributed by atoms with Crippen molar-refractivity contribution < 1.29 is 0 Å². The molecule has 0 bridgehead atoms. The Hall–Kier alpha value is -1.54. The van der Waals surface area contributed by atoms with Crippen LogP contribution >= 0.6 is 15.9 Å². The first kappa shape index (κ1) is 10.6. The number of fused-ring (bicyclic) bond motifs is 1. The highest BCUT2D eigenvalue weighted by Gasteiger charge is 2.05. The van der Waals surface area contributed by atoms with E-state index in [9.17, 15) is 0 Å². The van der Waals surface area contributed by atoms with Crippen molar-refractivity contribution in [2.24, 2.45) is 0 Å². The molecule has 0 fully saturated rings. The highest BCUT2D eigenvalue weighted by molar-refractivity contribution is 9.10. The van der Waals surface area contributed by atoms with E-state index in [1.165, 1.54) is 16.5 Å². The van der Waals surface area contributed by atoms with Gasteiger partial charge in [0.15, 0.2) is 0 Å². The first-order chi connectivity index (χ1) is 8.34. The van der Waals surface area contributed by atoms with Gasteiger partial charge < -0.3 is 4.57 Å². The summed E-state index contributed by atoms with van der Waals surface area (Å²) < 4.78 is 3.41. The number of aromatic nitrogens is 1. The standard InChI is InChI=1S/C15H12BrN/c16-15-10-13-8-4-5-9-14(13)17(15)11-12-6-2-1-3-7-12/h1-10H,11H2. The second-order valence-electron chi connectivity index (χ2n) is 4.10. The Labute approximate surface area is 109 Å². The molecule has 84 valence electrons. The van der Waals surface area contributed by atoms with Crippen LogP contribution in [-0.4, -0.2) is 4.57 Å². The van der Waals surface area contributed by atoms with Gasteiger partial charge in [0.25, 0.3) is 0 Å². The molecule has 0 spiro atoms. The Bertz CT molecular complexity index is 640. The lowest BCUT2D eigenvalue weighted by molar-refractivity contribution is 0.817. The maximum atomic E-state index is 3.63. The molecule has 2 heteroatoms. The number of benzene rings is 2. The van der Waals surface area contributed by atoms with Crippen molar-refractivity contribution in [1.82, 2.24) is 4.57 Å². The van der Waals surface area contributed by atoms with Crippen molar-refractivity contribution in [3.8, 4) is 0 Å². The normalized spacial score (nSPS) is 10.9. The third-order valence-electron chi connectivity index (χ3n) is 2.94. The van der Waals surface area contributed by atoms with Gasteiger partial charge in [-0.1, -0.05) is 48.5 Å². The number of halogens is 1. The Balaban J connectivity index is 2.08. The van der Waals surface area contributed by atoms with E-state index in [1.54, 1.807) is 0 Å². The number of para-hydroxylation sites is 1. The zero-order valence-electron chi connectivity index (χ0n) is 9.31. The molecule has 1 aromatic heterocycles.